The van der Waals surface area contributed by atoms with Crippen molar-refractivity contribution >= 4 is 11.8 Å². The van der Waals surface area contributed by atoms with Gasteiger partial charge in [0.25, 0.3) is 5.91 Å². The summed E-state index contributed by atoms with van der Waals surface area (Å²) in [7, 11) is 0. The summed E-state index contributed by atoms with van der Waals surface area (Å²) in [5.74, 6) is 1.27. The zero-order valence-electron chi connectivity index (χ0n) is 21.0. The summed E-state index contributed by atoms with van der Waals surface area (Å²) >= 11 is 0. The Kier molecular flexibility index (Phi) is 6.42. The number of aryl methyl sites for hydroxylation is 1. The Morgan fingerprint density at radius 1 is 1.05 bits per heavy atom. The van der Waals surface area contributed by atoms with Crippen LogP contribution in [-0.4, -0.2) is 59.4 Å². The molecule has 3 heterocycles. The van der Waals surface area contributed by atoms with Crippen molar-refractivity contribution in [1.82, 2.24) is 14.8 Å². The van der Waals surface area contributed by atoms with Crippen LogP contribution in [0.4, 0.5) is 0 Å². The van der Waals surface area contributed by atoms with Crippen LogP contribution >= 0.6 is 0 Å². The van der Waals surface area contributed by atoms with Crippen molar-refractivity contribution in [2.45, 2.75) is 38.8 Å². The standard InChI is InChI=1S/C29H31N3O5/c1-19-2-4-21(5-3-19)27-24-16-23(9-8-20(24)10-11-32(27)28(33)22-6-7-22)36-18-26-30-25(17-37-26)29(34)31-12-14-35-15-13-31/h2-5,8-9,16-17,22,27H,6-7,10-15,18H2,1H3. The van der Waals surface area contributed by atoms with Gasteiger partial charge in [-0.3, -0.25) is 9.59 Å². The number of hydrogen-bond acceptors (Lipinski definition) is 6. The van der Waals surface area contributed by atoms with Gasteiger partial charge in [-0.05, 0) is 55.0 Å². The summed E-state index contributed by atoms with van der Waals surface area (Å²) in [6.45, 7) is 5.06. The molecule has 2 aliphatic heterocycles. The molecular weight excluding hydrogens is 470 g/mol. The first-order valence-corrected chi connectivity index (χ1v) is 13.0. The molecule has 1 aliphatic carbocycles. The molecule has 2 aromatic carbocycles. The number of oxazole rings is 1. The van der Waals surface area contributed by atoms with Crippen LogP contribution in [0.2, 0.25) is 0 Å². The van der Waals surface area contributed by atoms with E-state index in [1.807, 2.05) is 17.0 Å². The van der Waals surface area contributed by atoms with E-state index in [4.69, 9.17) is 13.9 Å². The van der Waals surface area contributed by atoms with Crippen LogP contribution in [0.25, 0.3) is 0 Å². The van der Waals surface area contributed by atoms with Crippen molar-refractivity contribution in [1.29, 1.82) is 0 Å². The molecule has 6 rings (SSSR count). The molecule has 8 nitrogen and oxygen atoms in total. The van der Waals surface area contributed by atoms with Crippen molar-refractivity contribution in [2.24, 2.45) is 5.92 Å². The lowest BCUT2D eigenvalue weighted by Gasteiger charge is -2.38. The number of carbonyl (C=O) groups is 2. The molecule has 8 heteroatoms. The molecule has 2 fully saturated rings. The molecule has 1 unspecified atom stereocenters. The highest BCUT2D eigenvalue weighted by Gasteiger charge is 2.39. The van der Waals surface area contributed by atoms with Gasteiger partial charge in [0.05, 0.1) is 19.3 Å². The Labute approximate surface area is 216 Å². The first-order valence-electron chi connectivity index (χ1n) is 13.0. The Bertz CT molecular complexity index is 1290. The lowest BCUT2D eigenvalue weighted by atomic mass is 9.87. The maximum atomic E-state index is 13.2. The molecule has 37 heavy (non-hydrogen) atoms. The molecule has 0 radical (unpaired) electrons. The average molecular weight is 502 g/mol. The summed E-state index contributed by atoms with van der Waals surface area (Å²) < 4.78 is 16.9. The van der Waals surface area contributed by atoms with Gasteiger partial charge in [-0.15, -0.1) is 0 Å². The molecule has 2 amide bonds. The van der Waals surface area contributed by atoms with Gasteiger partial charge in [-0.2, -0.15) is 0 Å². The second kappa shape index (κ2) is 10.0. The number of benzene rings is 2. The lowest BCUT2D eigenvalue weighted by molar-refractivity contribution is -0.134. The van der Waals surface area contributed by atoms with Gasteiger partial charge >= 0.3 is 0 Å². The zero-order chi connectivity index (χ0) is 25.4. The van der Waals surface area contributed by atoms with E-state index in [0.717, 1.165) is 36.9 Å². The third kappa shape index (κ3) is 4.98. The van der Waals surface area contributed by atoms with E-state index in [1.54, 1.807) is 4.90 Å². The number of ether oxygens (including phenoxy) is 2. The second-order valence-electron chi connectivity index (χ2n) is 10.0. The van der Waals surface area contributed by atoms with Crippen LogP contribution in [0, 0.1) is 12.8 Å². The number of rotatable bonds is 6. The number of morpholine rings is 1. The molecule has 1 saturated heterocycles. The van der Waals surface area contributed by atoms with Crippen LogP contribution < -0.4 is 4.74 Å². The minimum absolute atomic E-state index is 0.106. The largest absolute Gasteiger partial charge is 0.484 e. The average Bonchev–Trinajstić information content (AvgIpc) is 3.68. The van der Waals surface area contributed by atoms with Gasteiger partial charge in [0.1, 0.15) is 12.0 Å². The zero-order valence-corrected chi connectivity index (χ0v) is 21.0. The lowest BCUT2D eigenvalue weighted by Crippen LogP contribution is -2.41. The summed E-state index contributed by atoms with van der Waals surface area (Å²) in [5, 5.41) is 0. The van der Waals surface area contributed by atoms with Crippen LogP contribution in [-0.2, 0) is 22.6 Å². The van der Waals surface area contributed by atoms with Crippen LogP contribution in [0.3, 0.4) is 0 Å². The number of nitrogens with zero attached hydrogens (tertiary/aromatic N) is 3. The second-order valence-corrected chi connectivity index (χ2v) is 10.0. The van der Waals surface area contributed by atoms with Crippen molar-refractivity contribution < 1.29 is 23.5 Å². The third-order valence-electron chi connectivity index (χ3n) is 7.38. The van der Waals surface area contributed by atoms with E-state index >= 15 is 0 Å². The van der Waals surface area contributed by atoms with E-state index < -0.39 is 0 Å². The maximum absolute atomic E-state index is 13.2. The van der Waals surface area contributed by atoms with Gasteiger partial charge in [0.2, 0.25) is 11.8 Å². The van der Waals surface area contributed by atoms with Gasteiger partial charge in [0.15, 0.2) is 12.3 Å². The van der Waals surface area contributed by atoms with Crippen molar-refractivity contribution in [3.8, 4) is 5.75 Å². The first-order chi connectivity index (χ1) is 18.1. The van der Waals surface area contributed by atoms with E-state index in [9.17, 15) is 9.59 Å². The predicted molar refractivity (Wildman–Crippen MR) is 135 cm³/mol. The molecule has 1 saturated carbocycles. The van der Waals surface area contributed by atoms with Crippen LogP contribution in [0.15, 0.2) is 53.1 Å². The van der Waals surface area contributed by atoms with Crippen LogP contribution in [0.5, 0.6) is 5.75 Å². The predicted octanol–water partition coefficient (Wildman–Crippen LogP) is 3.92. The Hall–Kier alpha value is -3.65. The number of carbonyl (C=O) groups excluding carboxylic acids is 2. The topological polar surface area (TPSA) is 85.1 Å². The number of amides is 2. The smallest absolute Gasteiger partial charge is 0.275 e. The summed E-state index contributed by atoms with van der Waals surface area (Å²) in [6, 6.07) is 14.4. The first kappa shape index (κ1) is 23.7. The minimum Gasteiger partial charge on any atom is -0.484 e. The van der Waals surface area contributed by atoms with E-state index in [1.165, 1.54) is 17.4 Å². The maximum Gasteiger partial charge on any atom is 0.275 e. The summed E-state index contributed by atoms with van der Waals surface area (Å²) in [5.41, 5.74) is 4.90. The molecule has 0 spiro atoms. The van der Waals surface area contributed by atoms with Crippen molar-refractivity contribution in [2.75, 3.05) is 32.8 Å². The van der Waals surface area contributed by atoms with E-state index in [2.05, 4.69) is 42.2 Å². The molecule has 0 N–H and O–H groups in total. The summed E-state index contributed by atoms with van der Waals surface area (Å²) in [4.78, 5) is 34.0. The molecule has 3 aromatic rings. The fourth-order valence-electron chi connectivity index (χ4n) is 5.14. The van der Waals surface area contributed by atoms with Crippen molar-refractivity contribution in [3.05, 3.63) is 82.6 Å². The fraction of sp³-hybridized carbons (Fsp3) is 0.414. The molecule has 192 valence electrons. The molecule has 0 bridgehead atoms. The monoisotopic (exact) mass is 501 g/mol. The highest BCUT2D eigenvalue weighted by Crippen LogP contribution is 2.41. The van der Waals surface area contributed by atoms with E-state index in [-0.39, 0.29) is 36.1 Å². The Morgan fingerprint density at radius 3 is 2.59 bits per heavy atom. The van der Waals surface area contributed by atoms with Gasteiger partial charge in [0, 0.05) is 25.6 Å². The minimum atomic E-state index is -0.159. The van der Waals surface area contributed by atoms with Gasteiger partial charge < -0.3 is 23.7 Å². The SMILES string of the molecule is Cc1ccc(C2c3cc(OCc4nc(C(=O)N5CCOCC5)co4)ccc3CCN2C(=O)C2CC2)cc1. The number of aromatic nitrogens is 1. The van der Waals surface area contributed by atoms with Gasteiger partial charge in [-0.1, -0.05) is 35.9 Å². The molecule has 1 aromatic heterocycles. The Morgan fingerprint density at radius 2 is 1.84 bits per heavy atom. The van der Waals surface area contributed by atoms with Gasteiger partial charge in [-0.25, -0.2) is 4.98 Å². The Balaban J connectivity index is 1.21. The number of hydrogen-bond donors (Lipinski definition) is 0. The summed E-state index contributed by atoms with van der Waals surface area (Å²) in [6.07, 6.45) is 4.18. The fourth-order valence-corrected chi connectivity index (χ4v) is 5.14. The number of fused-ring (bicyclic) bond motifs is 1. The normalized spacial score (nSPS) is 19.4. The highest BCUT2D eigenvalue weighted by molar-refractivity contribution is 5.92. The third-order valence-corrected chi connectivity index (χ3v) is 7.38. The molecule has 3 aliphatic rings. The molecule has 1 atom stereocenters. The highest BCUT2D eigenvalue weighted by atomic mass is 16.5. The quantitative estimate of drug-likeness (QED) is 0.509. The van der Waals surface area contributed by atoms with E-state index in [0.29, 0.717) is 37.9 Å². The molecular formula is C29H31N3O5. The van der Waals surface area contributed by atoms with Crippen molar-refractivity contribution in [3.63, 3.8) is 0 Å². The van der Waals surface area contributed by atoms with Crippen LogP contribution in [0.1, 0.15) is 57.5 Å².